The molecule has 0 aliphatic rings. The van der Waals surface area contributed by atoms with Crippen LogP contribution >= 0.6 is 0 Å². The molecule has 0 unspecified atom stereocenters. The van der Waals surface area contributed by atoms with E-state index in [9.17, 15) is 4.79 Å². The van der Waals surface area contributed by atoms with Crippen LogP contribution in [0.3, 0.4) is 0 Å². The Morgan fingerprint density at radius 2 is 2.10 bits per heavy atom. The van der Waals surface area contributed by atoms with E-state index >= 15 is 0 Å². The fourth-order valence-electron chi connectivity index (χ4n) is 1.90. The summed E-state index contributed by atoms with van der Waals surface area (Å²) >= 11 is 0. The Morgan fingerprint density at radius 3 is 2.81 bits per heavy atom. The number of carbonyl (C=O) groups is 1. The van der Waals surface area contributed by atoms with Gasteiger partial charge in [-0.2, -0.15) is 4.98 Å². The predicted molar refractivity (Wildman–Crippen MR) is 76.5 cm³/mol. The first kappa shape index (κ1) is 15.2. The highest BCUT2D eigenvalue weighted by Crippen LogP contribution is 2.08. The Balaban J connectivity index is 1.84. The van der Waals surface area contributed by atoms with Gasteiger partial charge in [0, 0.05) is 13.0 Å². The fourth-order valence-corrected chi connectivity index (χ4v) is 1.90. The monoisotopic (exact) mass is 289 g/mol. The summed E-state index contributed by atoms with van der Waals surface area (Å²) in [5.41, 5.74) is 1.14. The van der Waals surface area contributed by atoms with Crippen LogP contribution in [0, 0.1) is 0 Å². The number of ether oxygens (including phenoxy) is 1. The van der Waals surface area contributed by atoms with Gasteiger partial charge in [0.05, 0.1) is 20.1 Å². The molecule has 1 aromatic carbocycles. The van der Waals surface area contributed by atoms with Gasteiger partial charge in [0.2, 0.25) is 5.89 Å². The van der Waals surface area contributed by atoms with Crippen molar-refractivity contribution >= 4 is 5.97 Å². The molecule has 2 aromatic rings. The van der Waals surface area contributed by atoms with Gasteiger partial charge in [-0.15, -0.1) is 0 Å². The normalized spacial score (nSPS) is 10.8. The van der Waals surface area contributed by atoms with Crippen LogP contribution in [0.15, 0.2) is 34.9 Å². The molecule has 1 heterocycles. The van der Waals surface area contributed by atoms with Gasteiger partial charge in [-0.25, -0.2) is 0 Å². The second-order valence-electron chi connectivity index (χ2n) is 4.83. The van der Waals surface area contributed by atoms with Crippen LogP contribution in [0.5, 0.6) is 0 Å². The highest BCUT2D eigenvalue weighted by atomic mass is 16.5. The van der Waals surface area contributed by atoms with Crippen molar-refractivity contribution in [3.05, 3.63) is 47.6 Å². The topological polar surface area (TPSA) is 68.5 Å². The molecule has 0 aliphatic carbocycles. The highest BCUT2D eigenvalue weighted by Gasteiger charge is 2.11. The van der Waals surface area contributed by atoms with E-state index in [-0.39, 0.29) is 5.97 Å². The zero-order valence-electron chi connectivity index (χ0n) is 12.3. The lowest BCUT2D eigenvalue weighted by Gasteiger charge is -2.12. The summed E-state index contributed by atoms with van der Waals surface area (Å²) in [7, 11) is 3.28. The molecule has 0 saturated heterocycles. The average molecular weight is 289 g/mol. The van der Waals surface area contributed by atoms with E-state index in [0.29, 0.717) is 37.6 Å². The van der Waals surface area contributed by atoms with Crippen molar-refractivity contribution in [3.63, 3.8) is 0 Å². The Kier molecular flexibility index (Phi) is 5.45. The maximum Gasteiger partial charge on any atom is 0.306 e. The molecule has 0 amide bonds. The number of rotatable bonds is 7. The van der Waals surface area contributed by atoms with Crippen LogP contribution in [-0.2, 0) is 22.5 Å². The van der Waals surface area contributed by atoms with Crippen LogP contribution in [-0.4, -0.2) is 41.7 Å². The van der Waals surface area contributed by atoms with Gasteiger partial charge in [0.15, 0.2) is 5.82 Å². The molecule has 0 bridgehead atoms. The number of esters is 1. The third-order valence-corrected chi connectivity index (χ3v) is 3.05. The number of carbonyl (C=O) groups excluding carboxylic acids is 1. The SMILES string of the molecule is COC(=O)CCN(C)Cc1nc(Cc2ccccc2)no1. The Labute approximate surface area is 123 Å². The van der Waals surface area contributed by atoms with Crippen molar-refractivity contribution in [2.45, 2.75) is 19.4 Å². The molecule has 0 radical (unpaired) electrons. The molecule has 21 heavy (non-hydrogen) atoms. The quantitative estimate of drug-likeness (QED) is 0.722. The second-order valence-corrected chi connectivity index (χ2v) is 4.83. The molecule has 6 nitrogen and oxygen atoms in total. The predicted octanol–water partition coefficient (Wildman–Crippen LogP) is 1.66. The average Bonchev–Trinajstić information content (AvgIpc) is 2.92. The first-order valence-corrected chi connectivity index (χ1v) is 6.78. The Morgan fingerprint density at radius 1 is 1.33 bits per heavy atom. The van der Waals surface area contributed by atoms with Crippen molar-refractivity contribution < 1.29 is 14.1 Å². The van der Waals surface area contributed by atoms with Gasteiger partial charge < -0.3 is 9.26 Å². The summed E-state index contributed by atoms with van der Waals surface area (Å²) in [4.78, 5) is 17.4. The lowest BCUT2D eigenvalue weighted by molar-refractivity contribution is -0.140. The molecule has 0 saturated carbocycles. The van der Waals surface area contributed by atoms with E-state index in [4.69, 9.17) is 4.52 Å². The molecule has 112 valence electrons. The zero-order chi connectivity index (χ0) is 15.1. The summed E-state index contributed by atoms with van der Waals surface area (Å²) < 4.78 is 9.83. The molecular formula is C15H19N3O3. The van der Waals surface area contributed by atoms with E-state index in [1.807, 2.05) is 42.3 Å². The number of hydrogen-bond acceptors (Lipinski definition) is 6. The van der Waals surface area contributed by atoms with E-state index in [2.05, 4.69) is 14.9 Å². The van der Waals surface area contributed by atoms with Crippen molar-refractivity contribution in [2.24, 2.45) is 0 Å². The van der Waals surface area contributed by atoms with Crippen LogP contribution in [0.25, 0.3) is 0 Å². The van der Waals surface area contributed by atoms with Gasteiger partial charge in [-0.3, -0.25) is 9.69 Å². The number of benzene rings is 1. The number of aromatic nitrogens is 2. The lowest BCUT2D eigenvalue weighted by Crippen LogP contribution is -2.22. The Bertz CT molecular complexity index is 569. The third kappa shape index (κ3) is 5.00. The molecule has 0 N–H and O–H groups in total. The first-order chi connectivity index (χ1) is 10.2. The first-order valence-electron chi connectivity index (χ1n) is 6.78. The molecule has 1 aromatic heterocycles. The smallest absolute Gasteiger partial charge is 0.306 e. The summed E-state index contributed by atoms with van der Waals surface area (Å²) in [5.74, 6) is 0.989. The number of hydrogen-bond donors (Lipinski definition) is 0. The minimum atomic E-state index is -0.225. The fraction of sp³-hybridized carbons (Fsp3) is 0.400. The molecule has 2 rings (SSSR count). The van der Waals surface area contributed by atoms with Crippen LogP contribution in [0.2, 0.25) is 0 Å². The van der Waals surface area contributed by atoms with Gasteiger partial charge >= 0.3 is 5.97 Å². The van der Waals surface area contributed by atoms with Crippen LogP contribution in [0.1, 0.15) is 23.7 Å². The second kappa shape index (κ2) is 7.54. The van der Waals surface area contributed by atoms with Crippen LogP contribution in [0.4, 0.5) is 0 Å². The molecule has 0 fully saturated rings. The third-order valence-electron chi connectivity index (χ3n) is 3.05. The maximum absolute atomic E-state index is 11.1. The number of nitrogens with zero attached hydrogens (tertiary/aromatic N) is 3. The van der Waals surface area contributed by atoms with E-state index in [0.717, 1.165) is 5.56 Å². The minimum absolute atomic E-state index is 0.225. The van der Waals surface area contributed by atoms with Gasteiger partial charge in [0.25, 0.3) is 0 Å². The van der Waals surface area contributed by atoms with Crippen molar-refractivity contribution in [1.82, 2.24) is 15.0 Å². The molecule has 0 atom stereocenters. The van der Waals surface area contributed by atoms with Crippen LogP contribution < -0.4 is 0 Å². The molecule has 6 heteroatoms. The maximum atomic E-state index is 11.1. The Hall–Kier alpha value is -2.21. The summed E-state index contributed by atoms with van der Waals surface area (Å²) in [6, 6.07) is 9.99. The van der Waals surface area contributed by atoms with Crippen molar-refractivity contribution in [1.29, 1.82) is 0 Å². The van der Waals surface area contributed by atoms with Gasteiger partial charge in [-0.1, -0.05) is 35.5 Å². The minimum Gasteiger partial charge on any atom is -0.469 e. The summed E-state index contributed by atoms with van der Waals surface area (Å²) in [5, 5.41) is 3.97. The van der Waals surface area contributed by atoms with Crippen molar-refractivity contribution in [3.8, 4) is 0 Å². The summed E-state index contributed by atoms with van der Waals surface area (Å²) in [6.07, 6.45) is 0.994. The van der Waals surface area contributed by atoms with E-state index in [1.165, 1.54) is 7.11 Å². The highest BCUT2D eigenvalue weighted by molar-refractivity contribution is 5.69. The zero-order valence-corrected chi connectivity index (χ0v) is 12.3. The largest absolute Gasteiger partial charge is 0.469 e. The van der Waals surface area contributed by atoms with Crippen molar-refractivity contribution in [2.75, 3.05) is 20.7 Å². The van der Waals surface area contributed by atoms with E-state index in [1.54, 1.807) is 0 Å². The lowest BCUT2D eigenvalue weighted by atomic mass is 10.1. The van der Waals surface area contributed by atoms with Gasteiger partial charge in [-0.05, 0) is 12.6 Å². The standard InChI is InChI=1S/C15H19N3O3/c1-18(9-8-15(19)20-2)11-14-16-13(17-21-14)10-12-6-4-3-5-7-12/h3-7H,8-11H2,1-2H3. The molecule has 0 aliphatic heterocycles. The summed E-state index contributed by atoms with van der Waals surface area (Å²) in [6.45, 7) is 1.10. The number of methoxy groups -OCH3 is 1. The molecule has 0 spiro atoms. The van der Waals surface area contributed by atoms with Gasteiger partial charge in [0.1, 0.15) is 0 Å². The van der Waals surface area contributed by atoms with E-state index < -0.39 is 0 Å². The molecular weight excluding hydrogens is 270 g/mol.